The Hall–Kier alpha value is -3.41. The molecule has 0 spiro atoms. The minimum absolute atomic E-state index is 0.261. The van der Waals surface area contributed by atoms with E-state index >= 15 is 0 Å². The first-order chi connectivity index (χ1) is 13.6. The average Bonchev–Trinajstić information content (AvgIpc) is 2.73. The maximum Gasteiger partial charge on any atom is 0.274 e. The summed E-state index contributed by atoms with van der Waals surface area (Å²) < 4.78 is 5.16. The first-order valence-corrected chi connectivity index (χ1v) is 9.17. The number of nitrogens with zero attached hydrogens (tertiary/aromatic N) is 2. The van der Waals surface area contributed by atoms with Crippen LogP contribution in [0, 0.1) is 0 Å². The third-order valence-corrected chi connectivity index (χ3v) is 4.33. The van der Waals surface area contributed by atoms with Crippen molar-refractivity contribution >= 4 is 17.5 Å². The lowest BCUT2D eigenvalue weighted by molar-refractivity contribution is 0.102. The highest BCUT2D eigenvalue weighted by Gasteiger charge is 2.13. The van der Waals surface area contributed by atoms with Crippen molar-refractivity contribution in [3.8, 4) is 5.75 Å². The molecule has 2 aromatic carbocycles. The SMILES string of the molecule is COc1ccc(CNc2nccc(C(=O)Nc3ccccc3C(C)C)n2)cc1. The molecule has 6 nitrogen and oxygen atoms in total. The van der Waals surface area contributed by atoms with E-state index < -0.39 is 0 Å². The van der Waals surface area contributed by atoms with Gasteiger partial charge >= 0.3 is 0 Å². The lowest BCUT2D eigenvalue weighted by atomic mass is 10.0. The lowest BCUT2D eigenvalue weighted by Gasteiger charge is -2.13. The molecule has 0 unspecified atom stereocenters. The van der Waals surface area contributed by atoms with Crippen LogP contribution in [0.15, 0.2) is 60.8 Å². The van der Waals surface area contributed by atoms with Crippen LogP contribution in [0.3, 0.4) is 0 Å². The number of hydrogen-bond donors (Lipinski definition) is 2. The third-order valence-electron chi connectivity index (χ3n) is 4.33. The minimum atomic E-state index is -0.261. The molecular weight excluding hydrogens is 352 g/mol. The predicted octanol–water partition coefficient (Wildman–Crippen LogP) is 4.47. The average molecular weight is 376 g/mol. The number of aromatic nitrogens is 2. The number of rotatable bonds is 7. The summed E-state index contributed by atoms with van der Waals surface area (Å²) in [7, 11) is 1.64. The van der Waals surface area contributed by atoms with Gasteiger partial charge in [-0.05, 0) is 41.3 Å². The number of nitrogens with one attached hydrogen (secondary N) is 2. The smallest absolute Gasteiger partial charge is 0.274 e. The summed E-state index contributed by atoms with van der Waals surface area (Å²) in [6.07, 6.45) is 1.58. The van der Waals surface area contributed by atoms with E-state index in [9.17, 15) is 4.79 Å². The largest absolute Gasteiger partial charge is 0.497 e. The number of benzene rings is 2. The normalized spacial score (nSPS) is 10.6. The second-order valence-electron chi connectivity index (χ2n) is 6.66. The quantitative estimate of drug-likeness (QED) is 0.636. The van der Waals surface area contributed by atoms with Crippen molar-refractivity contribution in [1.29, 1.82) is 0 Å². The zero-order valence-corrected chi connectivity index (χ0v) is 16.3. The predicted molar refractivity (Wildman–Crippen MR) is 111 cm³/mol. The molecule has 144 valence electrons. The van der Waals surface area contributed by atoms with Gasteiger partial charge in [0.05, 0.1) is 7.11 Å². The summed E-state index contributed by atoms with van der Waals surface area (Å²) in [6, 6.07) is 17.1. The van der Waals surface area contributed by atoms with Crippen LogP contribution in [0.4, 0.5) is 11.6 Å². The summed E-state index contributed by atoms with van der Waals surface area (Å²) in [5, 5.41) is 6.10. The van der Waals surface area contributed by atoms with Crippen molar-refractivity contribution in [2.24, 2.45) is 0 Å². The fourth-order valence-electron chi connectivity index (χ4n) is 2.80. The molecule has 0 radical (unpaired) electrons. The number of carbonyl (C=O) groups is 1. The van der Waals surface area contributed by atoms with Gasteiger partial charge in [-0.15, -0.1) is 0 Å². The summed E-state index contributed by atoms with van der Waals surface area (Å²) in [5.41, 5.74) is 3.26. The highest BCUT2D eigenvalue weighted by molar-refractivity contribution is 6.03. The van der Waals surface area contributed by atoms with Gasteiger partial charge in [-0.25, -0.2) is 9.97 Å². The maximum atomic E-state index is 12.6. The summed E-state index contributed by atoms with van der Waals surface area (Å²) in [4.78, 5) is 21.2. The molecule has 0 aliphatic heterocycles. The Morgan fingerprint density at radius 2 is 1.82 bits per heavy atom. The van der Waals surface area contributed by atoms with Crippen LogP contribution in [0.25, 0.3) is 0 Å². The number of carbonyl (C=O) groups excluding carboxylic acids is 1. The monoisotopic (exact) mass is 376 g/mol. The highest BCUT2D eigenvalue weighted by atomic mass is 16.5. The summed E-state index contributed by atoms with van der Waals surface area (Å²) in [6.45, 7) is 4.74. The Morgan fingerprint density at radius 1 is 1.07 bits per heavy atom. The van der Waals surface area contributed by atoms with Gasteiger partial charge in [0.2, 0.25) is 5.95 Å². The van der Waals surface area contributed by atoms with Crippen LogP contribution < -0.4 is 15.4 Å². The Morgan fingerprint density at radius 3 is 2.54 bits per heavy atom. The molecule has 0 saturated heterocycles. The van der Waals surface area contributed by atoms with Crippen LogP contribution in [-0.2, 0) is 6.54 Å². The van der Waals surface area contributed by atoms with E-state index in [0.717, 1.165) is 22.6 Å². The number of methoxy groups -OCH3 is 1. The fraction of sp³-hybridized carbons (Fsp3) is 0.227. The van der Waals surface area contributed by atoms with Crippen LogP contribution >= 0.6 is 0 Å². The van der Waals surface area contributed by atoms with Crippen LogP contribution in [-0.4, -0.2) is 23.0 Å². The van der Waals surface area contributed by atoms with E-state index in [1.807, 2.05) is 48.5 Å². The molecule has 2 N–H and O–H groups in total. The molecule has 1 heterocycles. The molecule has 6 heteroatoms. The molecule has 0 bridgehead atoms. The number of hydrogen-bond acceptors (Lipinski definition) is 5. The molecule has 0 saturated carbocycles. The van der Waals surface area contributed by atoms with E-state index in [1.54, 1.807) is 19.4 Å². The zero-order valence-electron chi connectivity index (χ0n) is 16.3. The molecule has 0 aliphatic rings. The van der Waals surface area contributed by atoms with E-state index in [0.29, 0.717) is 24.1 Å². The second kappa shape index (κ2) is 8.99. The summed E-state index contributed by atoms with van der Waals surface area (Å²) >= 11 is 0. The van der Waals surface area contributed by atoms with Gasteiger partial charge in [-0.3, -0.25) is 4.79 Å². The van der Waals surface area contributed by atoms with Crippen molar-refractivity contribution in [2.75, 3.05) is 17.7 Å². The van der Waals surface area contributed by atoms with Crippen molar-refractivity contribution < 1.29 is 9.53 Å². The molecule has 3 rings (SSSR count). The molecule has 1 amide bonds. The molecule has 0 fully saturated rings. The number of para-hydroxylation sites is 1. The number of amides is 1. The highest BCUT2D eigenvalue weighted by Crippen LogP contribution is 2.24. The minimum Gasteiger partial charge on any atom is -0.497 e. The Labute approximate surface area is 165 Å². The van der Waals surface area contributed by atoms with E-state index in [2.05, 4.69) is 34.4 Å². The van der Waals surface area contributed by atoms with Crippen molar-refractivity contribution in [3.05, 3.63) is 77.6 Å². The first kappa shape index (κ1) is 19.4. The second-order valence-corrected chi connectivity index (χ2v) is 6.66. The first-order valence-electron chi connectivity index (χ1n) is 9.17. The van der Waals surface area contributed by atoms with Gasteiger partial charge in [-0.2, -0.15) is 0 Å². The number of anilines is 2. The van der Waals surface area contributed by atoms with Gasteiger partial charge in [0.25, 0.3) is 5.91 Å². The van der Waals surface area contributed by atoms with E-state index in [1.165, 1.54) is 0 Å². The maximum absolute atomic E-state index is 12.6. The number of ether oxygens (including phenoxy) is 1. The van der Waals surface area contributed by atoms with Crippen LogP contribution in [0.5, 0.6) is 5.75 Å². The molecule has 3 aromatic rings. The standard InChI is InChI=1S/C22H24N4O2/c1-15(2)18-6-4-5-7-19(18)25-21(27)20-12-13-23-22(26-20)24-14-16-8-10-17(28-3)11-9-16/h4-13,15H,14H2,1-3H3,(H,25,27)(H,23,24,26). The lowest BCUT2D eigenvalue weighted by Crippen LogP contribution is -2.16. The van der Waals surface area contributed by atoms with Crippen molar-refractivity contribution in [2.45, 2.75) is 26.3 Å². The van der Waals surface area contributed by atoms with Gasteiger partial charge in [0, 0.05) is 18.4 Å². The zero-order chi connectivity index (χ0) is 19.9. The molecule has 28 heavy (non-hydrogen) atoms. The third kappa shape index (κ3) is 4.85. The Balaban J connectivity index is 1.67. The van der Waals surface area contributed by atoms with Crippen molar-refractivity contribution in [1.82, 2.24) is 9.97 Å². The Bertz CT molecular complexity index is 939. The van der Waals surface area contributed by atoms with Crippen LogP contribution in [0.1, 0.15) is 41.4 Å². The van der Waals surface area contributed by atoms with Gasteiger partial charge in [0.1, 0.15) is 11.4 Å². The van der Waals surface area contributed by atoms with E-state index in [-0.39, 0.29) is 5.91 Å². The van der Waals surface area contributed by atoms with Crippen LogP contribution in [0.2, 0.25) is 0 Å². The molecular formula is C22H24N4O2. The molecule has 0 atom stereocenters. The summed E-state index contributed by atoms with van der Waals surface area (Å²) in [5.74, 6) is 1.26. The van der Waals surface area contributed by atoms with Gasteiger partial charge in [0.15, 0.2) is 0 Å². The fourth-order valence-corrected chi connectivity index (χ4v) is 2.80. The van der Waals surface area contributed by atoms with E-state index in [4.69, 9.17) is 4.74 Å². The van der Waals surface area contributed by atoms with Gasteiger partial charge < -0.3 is 15.4 Å². The molecule has 0 aliphatic carbocycles. The Kier molecular flexibility index (Phi) is 6.22. The van der Waals surface area contributed by atoms with Gasteiger partial charge in [-0.1, -0.05) is 44.2 Å². The topological polar surface area (TPSA) is 76.1 Å². The van der Waals surface area contributed by atoms with Crippen molar-refractivity contribution in [3.63, 3.8) is 0 Å². The molecule has 1 aromatic heterocycles.